The van der Waals surface area contributed by atoms with Gasteiger partial charge in [-0.2, -0.15) is 0 Å². The first-order chi connectivity index (χ1) is 7.65. The number of nitrogens with one attached hydrogen (secondary N) is 2. The Morgan fingerprint density at radius 3 is 2.94 bits per heavy atom. The van der Waals surface area contributed by atoms with Crippen molar-refractivity contribution in [3.05, 3.63) is 34.8 Å². The lowest BCUT2D eigenvalue weighted by atomic mass is 10.0. The van der Waals surface area contributed by atoms with Crippen LogP contribution < -0.4 is 11.0 Å². The third-order valence-electron chi connectivity index (χ3n) is 2.59. The van der Waals surface area contributed by atoms with Crippen molar-refractivity contribution in [3.63, 3.8) is 0 Å². The molecular formula is C11H15N3O2. The molecule has 0 amide bonds. The Morgan fingerprint density at radius 2 is 2.25 bits per heavy atom. The summed E-state index contributed by atoms with van der Waals surface area (Å²) < 4.78 is 5.04. The fraction of sp³-hybridized carbons (Fsp3) is 0.364. The van der Waals surface area contributed by atoms with E-state index < -0.39 is 0 Å². The molecule has 0 saturated heterocycles. The highest BCUT2D eigenvalue weighted by atomic mass is 16.5. The van der Waals surface area contributed by atoms with Crippen LogP contribution in [0, 0.1) is 0 Å². The number of rotatable bonds is 2. The Hall–Kier alpha value is -1.75. The predicted molar refractivity (Wildman–Crippen MR) is 59.3 cm³/mol. The third kappa shape index (κ3) is 1.59. The normalized spacial score (nSPS) is 18.8. The smallest absolute Gasteiger partial charge is 0.340 e. The molecule has 2 heterocycles. The Balaban J connectivity index is 2.36. The zero-order valence-electron chi connectivity index (χ0n) is 9.63. The summed E-state index contributed by atoms with van der Waals surface area (Å²) in [5.41, 5.74) is 9.20. The van der Waals surface area contributed by atoms with E-state index in [1.165, 1.54) is 0 Å². The highest BCUT2D eigenvalue weighted by Gasteiger charge is 2.27. The molecule has 0 bridgehead atoms. The maximum Gasteiger partial charge on any atom is 0.340 e. The SMILES string of the molecule is CCOC(=O)C1=C(C)N2NNC=C2C=C1C. The first kappa shape index (κ1) is 10.8. The van der Waals surface area contributed by atoms with Crippen LogP contribution in [-0.4, -0.2) is 17.6 Å². The standard InChI is InChI=1S/C11H15N3O2/c1-4-16-11(15)10-7(2)5-9-6-12-13-14(9)8(10)3/h5-6,12-13H,4H2,1-3H3. The molecule has 0 atom stereocenters. The number of hydrogen-bond donors (Lipinski definition) is 2. The Morgan fingerprint density at radius 1 is 1.50 bits per heavy atom. The summed E-state index contributed by atoms with van der Waals surface area (Å²) in [6.07, 6.45) is 3.78. The van der Waals surface area contributed by atoms with Gasteiger partial charge in [0.2, 0.25) is 0 Å². The molecule has 0 aromatic carbocycles. The maximum absolute atomic E-state index is 11.8. The van der Waals surface area contributed by atoms with E-state index in [1.54, 1.807) is 6.92 Å². The van der Waals surface area contributed by atoms with E-state index >= 15 is 0 Å². The van der Waals surface area contributed by atoms with Crippen molar-refractivity contribution in [1.82, 2.24) is 16.0 Å². The average molecular weight is 221 g/mol. The molecular weight excluding hydrogens is 206 g/mol. The second kappa shape index (κ2) is 4.02. The monoisotopic (exact) mass is 221 g/mol. The van der Waals surface area contributed by atoms with Crippen molar-refractivity contribution in [1.29, 1.82) is 0 Å². The van der Waals surface area contributed by atoms with Gasteiger partial charge in [0.1, 0.15) is 0 Å². The number of allylic oxidation sites excluding steroid dienone is 2. The Labute approximate surface area is 94.4 Å². The van der Waals surface area contributed by atoms with Gasteiger partial charge >= 0.3 is 5.97 Å². The summed E-state index contributed by atoms with van der Waals surface area (Å²) in [4.78, 5) is 11.8. The quantitative estimate of drug-likeness (QED) is 0.680. The van der Waals surface area contributed by atoms with Crippen LogP contribution in [0.15, 0.2) is 34.8 Å². The molecule has 0 saturated carbocycles. The number of carbonyl (C=O) groups is 1. The molecule has 0 radical (unpaired) electrons. The van der Waals surface area contributed by atoms with Gasteiger partial charge in [-0.1, -0.05) is 0 Å². The van der Waals surface area contributed by atoms with Crippen molar-refractivity contribution < 1.29 is 9.53 Å². The van der Waals surface area contributed by atoms with Gasteiger partial charge in [-0.25, -0.2) is 4.79 Å². The zero-order chi connectivity index (χ0) is 11.7. The minimum absolute atomic E-state index is 0.276. The first-order valence-corrected chi connectivity index (χ1v) is 5.23. The Bertz CT molecular complexity index is 421. The number of nitrogens with zero attached hydrogens (tertiary/aromatic N) is 1. The van der Waals surface area contributed by atoms with E-state index in [4.69, 9.17) is 4.74 Å². The number of ether oxygens (including phenoxy) is 1. The van der Waals surface area contributed by atoms with Crippen molar-refractivity contribution in [2.24, 2.45) is 0 Å². The molecule has 16 heavy (non-hydrogen) atoms. The van der Waals surface area contributed by atoms with Crippen molar-refractivity contribution in [2.75, 3.05) is 6.61 Å². The average Bonchev–Trinajstić information content (AvgIpc) is 2.66. The largest absolute Gasteiger partial charge is 0.462 e. The Kier molecular flexibility index (Phi) is 2.70. The van der Waals surface area contributed by atoms with Gasteiger partial charge in [0.05, 0.1) is 17.9 Å². The molecule has 0 fully saturated rings. The van der Waals surface area contributed by atoms with Crippen LogP contribution in [0.1, 0.15) is 20.8 Å². The van der Waals surface area contributed by atoms with Crippen LogP contribution in [0.2, 0.25) is 0 Å². The molecule has 0 unspecified atom stereocenters. The number of carbonyl (C=O) groups excluding carboxylic acids is 1. The fourth-order valence-electron chi connectivity index (χ4n) is 1.89. The summed E-state index contributed by atoms with van der Waals surface area (Å²) in [7, 11) is 0. The first-order valence-electron chi connectivity index (χ1n) is 5.23. The third-order valence-corrected chi connectivity index (χ3v) is 2.59. The van der Waals surface area contributed by atoms with E-state index in [-0.39, 0.29) is 5.97 Å². The molecule has 0 spiro atoms. The summed E-state index contributed by atoms with van der Waals surface area (Å²) in [6, 6.07) is 0. The van der Waals surface area contributed by atoms with Gasteiger partial charge in [-0.15, -0.1) is 5.53 Å². The highest BCUT2D eigenvalue weighted by Crippen LogP contribution is 2.29. The molecule has 0 aromatic rings. The minimum Gasteiger partial charge on any atom is -0.462 e. The van der Waals surface area contributed by atoms with Crippen LogP contribution in [0.5, 0.6) is 0 Å². The summed E-state index contributed by atoms with van der Waals surface area (Å²) in [5.74, 6) is -0.276. The lowest BCUT2D eigenvalue weighted by molar-refractivity contribution is -0.138. The van der Waals surface area contributed by atoms with Crippen LogP contribution >= 0.6 is 0 Å². The number of esters is 1. The van der Waals surface area contributed by atoms with E-state index in [0.29, 0.717) is 12.2 Å². The van der Waals surface area contributed by atoms with Gasteiger partial charge in [-0.05, 0) is 32.4 Å². The number of hydrazine groups is 2. The summed E-state index contributed by atoms with van der Waals surface area (Å²) in [6.45, 7) is 5.98. The van der Waals surface area contributed by atoms with Gasteiger partial charge in [0, 0.05) is 11.9 Å². The molecule has 2 rings (SSSR count). The van der Waals surface area contributed by atoms with E-state index in [0.717, 1.165) is 17.0 Å². The molecule has 0 aliphatic carbocycles. The number of hydrogen-bond acceptors (Lipinski definition) is 5. The molecule has 2 N–H and O–H groups in total. The van der Waals surface area contributed by atoms with Gasteiger partial charge in [0.25, 0.3) is 0 Å². The topological polar surface area (TPSA) is 53.6 Å². The lowest BCUT2D eigenvalue weighted by Gasteiger charge is -2.27. The maximum atomic E-state index is 11.8. The van der Waals surface area contributed by atoms with Gasteiger partial charge < -0.3 is 10.2 Å². The van der Waals surface area contributed by atoms with Gasteiger partial charge in [-0.3, -0.25) is 5.01 Å². The van der Waals surface area contributed by atoms with Crippen molar-refractivity contribution in [3.8, 4) is 0 Å². The second-order valence-electron chi connectivity index (χ2n) is 3.67. The van der Waals surface area contributed by atoms with Crippen LogP contribution in [0.4, 0.5) is 0 Å². The van der Waals surface area contributed by atoms with Crippen LogP contribution in [-0.2, 0) is 9.53 Å². The second-order valence-corrected chi connectivity index (χ2v) is 3.67. The molecule has 2 aliphatic rings. The summed E-state index contributed by atoms with van der Waals surface area (Å²) >= 11 is 0. The minimum atomic E-state index is -0.276. The van der Waals surface area contributed by atoms with E-state index in [1.807, 2.05) is 31.1 Å². The van der Waals surface area contributed by atoms with Crippen molar-refractivity contribution in [2.45, 2.75) is 20.8 Å². The van der Waals surface area contributed by atoms with Crippen LogP contribution in [0.3, 0.4) is 0 Å². The number of fused-ring (bicyclic) bond motifs is 1. The van der Waals surface area contributed by atoms with Gasteiger partial charge in [0.15, 0.2) is 0 Å². The molecule has 86 valence electrons. The molecule has 5 heteroatoms. The lowest BCUT2D eigenvalue weighted by Crippen LogP contribution is -2.38. The molecule has 2 aliphatic heterocycles. The summed E-state index contributed by atoms with van der Waals surface area (Å²) in [5, 5.41) is 1.82. The molecule has 5 nitrogen and oxygen atoms in total. The van der Waals surface area contributed by atoms with Crippen molar-refractivity contribution >= 4 is 5.97 Å². The zero-order valence-corrected chi connectivity index (χ0v) is 9.63. The van der Waals surface area contributed by atoms with E-state index in [2.05, 4.69) is 11.0 Å². The predicted octanol–water partition coefficient (Wildman–Crippen LogP) is 0.950. The van der Waals surface area contributed by atoms with E-state index in [9.17, 15) is 4.79 Å². The molecule has 0 aromatic heterocycles. The highest BCUT2D eigenvalue weighted by molar-refractivity contribution is 5.94. The van der Waals surface area contributed by atoms with Crippen LogP contribution in [0.25, 0.3) is 0 Å². The fourth-order valence-corrected chi connectivity index (χ4v) is 1.89.